The molecule has 0 aliphatic heterocycles. The van der Waals surface area contributed by atoms with Gasteiger partial charge in [0.25, 0.3) is 5.56 Å². The lowest BCUT2D eigenvalue weighted by Crippen LogP contribution is -2.39. The van der Waals surface area contributed by atoms with E-state index < -0.39 is 0 Å². The summed E-state index contributed by atoms with van der Waals surface area (Å²) in [4.78, 5) is 40.7. The van der Waals surface area contributed by atoms with Crippen LogP contribution in [-0.4, -0.2) is 36.2 Å². The summed E-state index contributed by atoms with van der Waals surface area (Å²) in [6, 6.07) is 12.8. The summed E-state index contributed by atoms with van der Waals surface area (Å²) >= 11 is 0. The van der Waals surface area contributed by atoms with Gasteiger partial charge in [-0.2, -0.15) is 0 Å². The van der Waals surface area contributed by atoms with E-state index in [0.717, 1.165) is 31.2 Å². The number of benzene rings is 2. The standard InChI is InChI=1S/C26H31N3O5/c1-33-22-12-9-17(15-23(22)34-2)13-14-27-24(30)19-10-7-18(8-11-19)16-29-25(31)20-5-3-4-6-21(20)28-26(29)32/h3-6,9,12,15,18-19H,7-8,10-11,13-14,16H2,1-2H3,(H,27,30)(H,28,32). The summed E-state index contributed by atoms with van der Waals surface area (Å²) in [7, 11) is 3.21. The van der Waals surface area contributed by atoms with E-state index in [1.807, 2.05) is 18.2 Å². The lowest BCUT2D eigenvalue weighted by Gasteiger charge is -2.28. The summed E-state index contributed by atoms with van der Waals surface area (Å²) < 4.78 is 11.9. The van der Waals surface area contributed by atoms with Crippen molar-refractivity contribution >= 4 is 16.8 Å². The van der Waals surface area contributed by atoms with E-state index in [1.165, 1.54) is 4.57 Å². The summed E-state index contributed by atoms with van der Waals surface area (Å²) in [5.74, 6) is 1.60. The molecule has 1 fully saturated rings. The zero-order chi connectivity index (χ0) is 24.1. The highest BCUT2D eigenvalue weighted by atomic mass is 16.5. The van der Waals surface area contributed by atoms with Crippen molar-refractivity contribution < 1.29 is 14.3 Å². The first-order chi connectivity index (χ1) is 16.5. The summed E-state index contributed by atoms with van der Waals surface area (Å²) in [5.41, 5.74) is 0.989. The number of methoxy groups -OCH3 is 2. The highest BCUT2D eigenvalue weighted by Crippen LogP contribution is 2.30. The van der Waals surface area contributed by atoms with E-state index in [1.54, 1.807) is 38.5 Å². The Morgan fingerprint density at radius 3 is 2.50 bits per heavy atom. The fraction of sp³-hybridized carbons (Fsp3) is 0.423. The van der Waals surface area contributed by atoms with Crippen LogP contribution in [0.25, 0.3) is 10.9 Å². The molecule has 1 aliphatic rings. The number of fused-ring (bicyclic) bond motifs is 1. The van der Waals surface area contributed by atoms with E-state index in [9.17, 15) is 14.4 Å². The quantitative estimate of drug-likeness (QED) is 0.533. The molecule has 1 saturated carbocycles. The Morgan fingerprint density at radius 1 is 1.03 bits per heavy atom. The molecule has 1 aromatic heterocycles. The molecule has 0 bridgehead atoms. The maximum absolute atomic E-state index is 12.8. The second kappa shape index (κ2) is 10.6. The average molecular weight is 466 g/mol. The smallest absolute Gasteiger partial charge is 0.328 e. The van der Waals surface area contributed by atoms with Crippen molar-refractivity contribution in [3.8, 4) is 11.5 Å². The molecule has 0 radical (unpaired) electrons. The number of aromatic amines is 1. The second-order valence-corrected chi connectivity index (χ2v) is 8.84. The number of nitrogens with zero attached hydrogens (tertiary/aromatic N) is 1. The Balaban J connectivity index is 1.28. The maximum Gasteiger partial charge on any atom is 0.328 e. The van der Waals surface area contributed by atoms with Crippen molar-refractivity contribution in [1.29, 1.82) is 0 Å². The Morgan fingerprint density at radius 2 is 1.76 bits per heavy atom. The Hall–Kier alpha value is -3.55. The lowest BCUT2D eigenvalue weighted by molar-refractivity contribution is -0.126. The van der Waals surface area contributed by atoms with Crippen molar-refractivity contribution in [2.24, 2.45) is 11.8 Å². The van der Waals surface area contributed by atoms with Gasteiger partial charge >= 0.3 is 5.69 Å². The molecule has 180 valence electrons. The van der Waals surface area contributed by atoms with Crippen molar-refractivity contribution in [2.45, 2.75) is 38.6 Å². The van der Waals surface area contributed by atoms with Gasteiger partial charge in [0.2, 0.25) is 5.91 Å². The highest BCUT2D eigenvalue weighted by molar-refractivity contribution is 5.78. The molecule has 3 aromatic rings. The molecule has 0 spiro atoms. The summed E-state index contributed by atoms with van der Waals surface area (Å²) in [6.45, 7) is 0.933. The Kier molecular flexibility index (Phi) is 7.35. The van der Waals surface area contributed by atoms with E-state index >= 15 is 0 Å². The molecular formula is C26H31N3O5. The van der Waals surface area contributed by atoms with Crippen LogP contribution in [-0.2, 0) is 17.8 Å². The number of para-hydroxylation sites is 1. The largest absolute Gasteiger partial charge is 0.493 e. The van der Waals surface area contributed by atoms with Crippen molar-refractivity contribution in [1.82, 2.24) is 14.9 Å². The van der Waals surface area contributed by atoms with Gasteiger partial charge in [0.05, 0.1) is 25.1 Å². The van der Waals surface area contributed by atoms with Gasteiger partial charge in [-0.3, -0.25) is 14.2 Å². The molecule has 34 heavy (non-hydrogen) atoms. The van der Waals surface area contributed by atoms with E-state index in [2.05, 4.69) is 10.3 Å². The maximum atomic E-state index is 12.8. The number of hydrogen-bond donors (Lipinski definition) is 2. The van der Waals surface area contributed by atoms with Crippen LogP contribution in [0.15, 0.2) is 52.1 Å². The van der Waals surface area contributed by atoms with Crippen LogP contribution < -0.4 is 26.0 Å². The number of carbonyl (C=O) groups excluding carboxylic acids is 1. The predicted octanol–water partition coefficient (Wildman–Crippen LogP) is 2.87. The van der Waals surface area contributed by atoms with Crippen LogP contribution in [0.3, 0.4) is 0 Å². The zero-order valence-electron chi connectivity index (χ0n) is 19.6. The zero-order valence-corrected chi connectivity index (χ0v) is 19.6. The number of amides is 1. The minimum Gasteiger partial charge on any atom is -0.493 e. The first-order valence-corrected chi connectivity index (χ1v) is 11.7. The number of hydrogen-bond acceptors (Lipinski definition) is 5. The van der Waals surface area contributed by atoms with Gasteiger partial charge in [0, 0.05) is 19.0 Å². The predicted molar refractivity (Wildman–Crippen MR) is 131 cm³/mol. The van der Waals surface area contributed by atoms with Crippen LogP contribution in [0.2, 0.25) is 0 Å². The molecule has 4 rings (SSSR count). The van der Waals surface area contributed by atoms with Gasteiger partial charge in [0.1, 0.15) is 0 Å². The SMILES string of the molecule is COc1ccc(CCNC(=O)C2CCC(Cn3c(=O)[nH]c4ccccc4c3=O)CC2)cc1OC. The number of rotatable bonds is 8. The fourth-order valence-electron chi connectivity index (χ4n) is 4.74. The normalized spacial score (nSPS) is 17.9. The van der Waals surface area contributed by atoms with Crippen molar-refractivity contribution in [3.05, 3.63) is 68.9 Å². The van der Waals surface area contributed by atoms with Crippen LogP contribution in [0, 0.1) is 11.8 Å². The molecule has 0 atom stereocenters. The first kappa shape index (κ1) is 23.6. The number of carbonyl (C=O) groups is 1. The molecule has 1 heterocycles. The summed E-state index contributed by atoms with van der Waals surface area (Å²) in [5, 5.41) is 3.57. The molecule has 0 saturated heterocycles. The van der Waals surface area contributed by atoms with E-state index in [0.29, 0.717) is 41.9 Å². The number of aromatic nitrogens is 2. The van der Waals surface area contributed by atoms with Gasteiger partial charge in [-0.15, -0.1) is 0 Å². The van der Waals surface area contributed by atoms with E-state index in [4.69, 9.17) is 9.47 Å². The average Bonchev–Trinajstić information content (AvgIpc) is 2.86. The van der Waals surface area contributed by atoms with Gasteiger partial charge < -0.3 is 19.8 Å². The van der Waals surface area contributed by atoms with Crippen LogP contribution in [0.1, 0.15) is 31.2 Å². The molecule has 1 amide bonds. The van der Waals surface area contributed by atoms with Gasteiger partial charge in [-0.25, -0.2) is 4.79 Å². The molecule has 1 aliphatic carbocycles. The van der Waals surface area contributed by atoms with Gasteiger partial charge in [-0.1, -0.05) is 18.2 Å². The number of H-pyrrole nitrogens is 1. The third kappa shape index (κ3) is 5.16. The Labute approximate surface area is 197 Å². The van der Waals surface area contributed by atoms with Gasteiger partial charge in [-0.05, 0) is 67.9 Å². The van der Waals surface area contributed by atoms with E-state index in [-0.39, 0.29) is 29.0 Å². The second-order valence-electron chi connectivity index (χ2n) is 8.84. The molecule has 0 unspecified atom stereocenters. The number of nitrogens with one attached hydrogen (secondary N) is 2. The Bertz CT molecular complexity index is 1270. The monoisotopic (exact) mass is 465 g/mol. The van der Waals surface area contributed by atoms with Crippen molar-refractivity contribution in [3.63, 3.8) is 0 Å². The molecule has 2 aromatic carbocycles. The molecule has 8 nitrogen and oxygen atoms in total. The lowest BCUT2D eigenvalue weighted by atomic mass is 9.81. The molecule has 2 N–H and O–H groups in total. The van der Waals surface area contributed by atoms with Crippen molar-refractivity contribution in [2.75, 3.05) is 20.8 Å². The fourth-order valence-corrected chi connectivity index (χ4v) is 4.74. The third-order valence-corrected chi connectivity index (χ3v) is 6.71. The number of ether oxygens (including phenoxy) is 2. The first-order valence-electron chi connectivity index (χ1n) is 11.7. The third-order valence-electron chi connectivity index (χ3n) is 6.71. The minimum atomic E-state index is -0.376. The van der Waals surface area contributed by atoms with Crippen LogP contribution >= 0.6 is 0 Å². The van der Waals surface area contributed by atoms with Gasteiger partial charge in [0.15, 0.2) is 11.5 Å². The van der Waals surface area contributed by atoms with Crippen LogP contribution in [0.4, 0.5) is 0 Å². The minimum absolute atomic E-state index is 0.0340. The highest BCUT2D eigenvalue weighted by Gasteiger charge is 2.27. The molecule has 8 heteroatoms. The summed E-state index contributed by atoms with van der Waals surface area (Å²) in [6.07, 6.45) is 3.84. The topological polar surface area (TPSA) is 102 Å². The van der Waals surface area contributed by atoms with Crippen LogP contribution in [0.5, 0.6) is 11.5 Å². The molecular weight excluding hydrogens is 434 g/mol.